The Kier molecular flexibility index (Phi) is 4.71. The van der Waals surface area contributed by atoms with Crippen molar-refractivity contribution < 1.29 is 9.26 Å². The summed E-state index contributed by atoms with van der Waals surface area (Å²) in [6, 6.07) is 8.39. The molecular weight excluding hydrogens is 240 g/mol. The number of nitrogens with one attached hydrogen (secondary N) is 1. The Morgan fingerprint density at radius 2 is 2.00 bits per heavy atom. The maximum absolute atomic E-state index is 5.14. The van der Waals surface area contributed by atoms with Crippen molar-refractivity contribution in [3.8, 4) is 0 Å². The van der Waals surface area contributed by atoms with Crippen molar-refractivity contribution in [2.75, 3.05) is 7.11 Å². The van der Waals surface area contributed by atoms with E-state index in [-0.39, 0.29) is 0 Å². The molecule has 0 atom stereocenters. The molecule has 102 valence electrons. The van der Waals surface area contributed by atoms with Crippen molar-refractivity contribution >= 4 is 0 Å². The molecule has 4 heteroatoms. The number of methoxy groups -OCH3 is 1. The van der Waals surface area contributed by atoms with Crippen molar-refractivity contribution in [1.29, 1.82) is 0 Å². The molecule has 0 saturated heterocycles. The fraction of sp³-hybridized carbons (Fsp3) is 0.400. The molecule has 0 saturated carbocycles. The van der Waals surface area contributed by atoms with Gasteiger partial charge in [-0.1, -0.05) is 29.4 Å². The molecule has 2 rings (SSSR count). The Morgan fingerprint density at radius 1 is 1.21 bits per heavy atom. The van der Waals surface area contributed by atoms with Crippen LogP contribution in [0, 0.1) is 13.8 Å². The molecule has 1 aromatic heterocycles. The van der Waals surface area contributed by atoms with Crippen LogP contribution in [0.2, 0.25) is 0 Å². The molecule has 1 heterocycles. The number of hydrogen-bond donors (Lipinski definition) is 1. The molecule has 4 nitrogen and oxygen atoms in total. The van der Waals surface area contributed by atoms with Gasteiger partial charge in [0, 0.05) is 25.8 Å². The van der Waals surface area contributed by atoms with Gasteiger partial charge in [0.1, 0.15) is 5.76 Å². The van der Waals surface area contributed by atoms with Crippen LogP contribution in [0.25, 0.3) is 0 Å². The molecule has 1 N–H and O–H groups in total. The lowest BCUT2D eigenvalue weighted by molar-refractivity contribution is 0.185. The van der Waals surface area contributed by atoms with E-state index in [2.05, 4.69) is 34.7 Å². The third kappa shape index (κ3) is 3.66. The molecule has 19 heavy (non-hydrogen) atoms. The van der Waals surface area contributed by atoms with Gasteiger partial charge in [0.25, 0.3) is 0 Å². The Bertz CT molecular complexity index is 515. The highest BCUT2D eigenvalue weighted by molar-refractivity contribution is 5.24. The first-order valence-corrected chi connectivity index (χ1v) is 6.40. The minimum Gasteiger partial charge on any atom is -0.380 e. The van der Waals surface area contributed by atoms with E-state index >= 15 is 0 Å². The SMILES string of the molecule is COCc1cccc(CNCc2c(C)noc2C)c1. The predicted molar refractivity (Wildman–Crippen MR) is 73.7 cm³/mol. The average molecular weight is 260 g/mol. The highest BCUT2D eigenvalue weighted by atomic mass is 16.5. The van der Waals surface area contributed by atoms with Gasteiger partial charge in [-0.25, -0.2) is 0 Å². The predicted octanol–water partition coefficient (Wildman–Crippen LogP) is 2.73. The lowest BCUT2D eigenvalue weighted by Crippen LogP contribution is -2.13. The van der Waals surface area contributed by atoms with Crippen molar-refractivity contribution in [2.45, 2.75) is 33.5 Å². The van der Waals surface area contributed by atoms with Gasteiger partial charge in [-0.3, -0.25) is 0 Å². The molecule has 0 aliphatic carbocycles. The van der Waals surface area contributed by atoms with Crippen LogP contribution in [-0.4, -0.2) is 12.3 Å². The second-order valence-corrected chi connectivity index (χ2v) is 4.66. The average Bonchev–Trinajstić information content (AvgIpc) is 2.71. The number of aromatic nitrogens is 1. The second-order valence-electron chi connectivity index (χ2n) is 4.66. The number of nitrogens with zero attached hydrogens (tertiary/aromatic N) is 1. The Labute approximate surface area is 113 Å². The van der Waals surface area contributed by atoms with Gasteiger partial charge in [0.05, 0.1) is 12.3 Å². The molecule has 0 radical (unpaired) electrons. The van der Waals surface area contributed by atoms with Crippen molar-refractivity contribution in [2.24, 2.45) is 0 Å². The maximum atomic E-state index is 5.14. The van der Waals surface area contributed by atoms with E-state index in [1.54, 1.807) is 7.11 Å². The lowest BCUT2D eigenvalue weighted by Gasteiger charge is -2.06. The lowest BCUT2D eigenvalue weighted by atomic mass is 10.1. The second kappa shape index (κ2) is 6.50. The van der Waals surface area contributed by atoms with E-state index in [0.717, 1.165) is 30.1 Å². The largest absolute Gasteiger partial charge is 0.380 e. The molecule has 1 aromatic carbocycles. The van der Waals surface area contributed by atoms with Crippen molar-refractivity contribution in [3.63, 3.8) is 0 Å². The number of ether oxygens (including phenoxy) is 1. The van der Waals surface area contributed by atoms with E-state index in [9.17, 15) is 0 Å². The summed E-state index contributed by atoms with van der Waals surface area (Å²) in [5.74, 6) is 0.887. The van der Waals surface area contributed by atoms with E-state index in [1.807, 2.05) is 13.8 Å². The Hall–Kier alpha value is -1.65. The number of benzene rings is 1. The summed E-state index contributed by atoms with van der Waals surface area (Å²) in [5.41, 5.74) is 4.55. The molecule has 0 unspecified atom stereocenters. The highest BCUT2D eigenvalue weighted by Gasteiger charge is 2.07. The van der Waals surface area contributed by atoms with Crippen LogP contribution in [0.15, 0.2) is 28.8 Å². The fourth-order valence-corrected chi connectivity index (χ4v) is 2.08. The van der Waals surface area contributed by atoms with E-state index in [1.165, 1.54) is 11.1 Å². The van der Waals surface area contributed by atoms with Crippen LogP contribution in [-0.2, 0) is 24.4 Å². The first kappa shape index (κ1) is 13.8. The van der Waals surface area contributed by atoms with Gasteiger partial charge in [0.2, 0.25) is 0 Å². The maximum Gasteiger partial charge on any atom is 0.138 e. The highest BCUT2D eigenvalue weighted by Crippen LogP contribution is 2.12. The summed E-state index contributed by atoms with van der Waals surface area (Å²) in [7, 11) is 1.71. The van der Waals surface area contributed by atoms with Gasteiger partial charge in [-0.2, -0.15) is 0 Å². The topological polar surface area (TPSA) is 47.3 Å². The minimum absolute atomic E-state index is 0.651. The molecule has 0 aliphatic rings. The monoisotopic (exact) mass is 260 g/mol. The van der Waals surface area contributed by atoms with Gasteiger partial charge in [-0.15, -0.1) is 0 Å². The number of aryl methyl sites for hydroxylation is 2. The molecule has 2 aromatic rings. The quantitative estimate of drug-likeness (QED) is 0.867. The zero-order valence-corrected chi connectivity index (χ0v) is 11.7. The van der Waals surface area contributed by atoms with Gasteiger partial charge < -0.3 is 14.6 Å². The summed E-state index contributed by atoms with van der Waals surface area (Å²) >= 11 is 0. The van der Waals surface area contributed by atoms with Crippen LogP contribution < -0.4 is 5.32 Å². The van der Waals surface area contributed by atoms with E-state index in [0.29, 0.717) is 6.61 Å². The third-order valence-corrected chi connectivity index (χ3v) is 3.11. The summed E-state index contributed by atoms with van der Waals surface area (Å²) in [6.45, 7) is 6.15. The third-order valence-electron chi connectivity index (χ3n) is 3.11. The van der Waals surface area contributed by atoms with E-state index < -0.39 is 0 Å². The number of rotatable bonds is 6. The van der Waals surface area contributed by atoms with Crippen molar-refractivity contribution in [1.82, 2.24) is 10.5 Å². The van der Waals surface area contributed by atoms with Gasteiger partial charge >= 0.3 is 0 Å². The molecule has 0 aliphatic heterocycles. The van der Waals surface area contributed by atoms with Crippen molar-refractivity contribution in [3.05, 3.63) is 52.4 Å². The Morgan fingerprint density at radius 3 is 2.68 bits per heavy atom. The summed E-state index contributed by atoms with van der Waals surface area (Å²) in [5, 5.41) is 7.36. The summed E-state index contributed by atoms with van der Waals surface area (Å²) < 4.78 is 10.3. The Balaban J connectivity index is 1.90. The number of hydrogen-bond acceptors (Lipinski definition) is 4. The molecule has 0 spiro atoms. The first-order chi connectivity index (χ1) is 9.20. The van der Waals surface area contributed by atoms with Crippen LogP contribution in [0.5, 0.6) is 0 Å². The zero-order valence-electron chi connectivity index (χ0n) is 11.7. The van der Waals surface area contributed by atoms with Crippen LogP contribution in [0.3, 0.4) is 0 Å². The standard InChI is InChI=1S/C15H20N2O2/c1-11-15(12(2)19-17-11)9-16-8-13-5-4-6-14(7-13)10-18-3/h4-7,16H,8-10H2,1-3H3. The zero-order chi connectivity index (χ0) is 13.7. The van der Waals surface area contributed by atoms with Gasteiger partial charge in [0.15, 0.2) is 0 Å². The molecule has 0 fully saturated rings. The molecule has 0 amide bonds. The first-order valence-electron chi connectivity index (χ1n) is 6.40. The normalized spacial score (nSPS) is 10.9. The fourth-order valence-electron chi connectivity index (χ4n) is 2.08. The summed E-state index contributed by atoms with van der Waals surface area (Å²) in [4.78, 5) is 0. The van der Waals surface area contributed by atoms with E-state index in [4.69, 9.17) is 9.26 Å². The molecule has 0 bridgehead atoms. The van der Waals surface area contributed by atoms with Crippen LogP contribution >= 0.6 is 0 Å². The smallest absolute Gasteiger partial charge is 0.138 e. The summed E-state index contributed by atoms with van der Waals surface area (Å²) in [6.07, 6.45) is 0. The minimum atomic E-state index is 0.651. The van der Waals surface area contributed by atoms with Crippen LogP contribution in [0.1, 0.15) is 28.1 Å². The van der Waals surface area contributed by atoms with Crippen LogP contribution in [0.4, 0.5) is 0 Å². The van der Waals surface area contributed by atoms with Gasteiger partial charge in [-0.05, 0) is 25.0 Å². The molecular formula is C15H20N2O2.